The van der Waals surface area contributed by atoms with Crippen molar-refractivity contribution in [2.75, 3.05) is 4.90 Å². The number of aromatic nitrogens is 2. The summed E-state index contributed by atoms with van der Waals surface area (Å²) in [7, 11) is 0. The van der Waals surface area contributed by atoms with Crippen LogP contribution in [0.25, 0.3) is 0 Å². The number of aromatic amines is 1. The highest BCUT2D eigenvalue weighted by Crippen LogP contribution is 2.35. The number of allylic oxidation sites excluding steroid dienone is 1. The van der Waals surface area contributed by atoms with Gasteiger partial charge in [-0.1, -0.05) is 0 Å². The maximum Gasteiger partial charge on any atom is 0.158 e. The Morgan fingerprint density at radius 1 is 1.33 bits per heavy atom. The summed E-state index contributed by atoms with van der Waals surface area (Å²) in [6.07, 6.45) is 10.8. The molecule has 1 aromatic heterocycles. The third-order valence-electron chi connectivity index (χ3n) is 2.88. The Morgan fingerprint density at radius 2 is 2.33 bits per heavy atom. The van der Waals surface area contributed by atoms with Crippen molar-refractivity contribution in [2.45, 2.75) is 6.42 Å². The third-order valence-corrected chi connectivity index (χ3v) is 2.88. The van der Waals surface area contributed by atoms with Gasteiger partial charge in [-0.3, -0.25) is 4.90 Å². The number of rotatable bonds is 0. The lowest BCUT2D eigenvalue weighted by Gasteiger charge is -2.25. The van der Waals surface area contributed by atoms with E-state index in [2.05, 4.69) is 37.5 Å². The van der Waals surface area contributed by atoms with Crippen molar-refractivity contribution in [2.24, 2.45) is 0 Å². The molecule has 0 aromatic carbocycles. The minimum Gasteiger partial charge on any atom is -0.346 e. The van der Waals surface area contributed by atoms with Crippen LogP contribution in [-0.2, 0) is 6.42 Å². The predicted octanol–water partition coefficient (Wildman–Crippen LogP) is 0.802. The Labute approximate surface area is 86.4 Å². The molecule has 74 valence electrons. The standard InChI is InChI=1S/C10H9N5/c1-2-14-4-7-3-8-10(13-6-12-8)15(7)5-9(14)11-1/h1-2,4-6,11H,3H2,(H,12,13). The molecule has 1 aromatic rings. The van der Waals surface area contributed by atoms with Gasteiger partial charge in [-0.25, -0.2) is 4.98 Å². The smallest absolute Gasteiger partial charge is 0.158 e. The van der Waals surface area contributed by atoms with Gasteiger partial charge in [-0.05, 0) is 0 Å². The van der Waals surface area contributed by atoms with Crippen molar-refractivity contribution in [1.82, 2.24) is 20.2 Å². The molecule has 0 radical (unpaired) electrons. The second-order valence-electron chi connectivity index (χ2n) is 3.75. The van der Waals surface area contributed by atoms with Gasteiger partial charge in [-0.15, -0.1) is 0 Å². The number of anilines is 1. The predicted molar refractivity (Wildman–Crippen MR) is 55.1 cm³/mol. The van der Waals surface area contributed by atoms with Gasteiger partial charge in [0.25, 0.3) is 0 Å². The third kappa shape index (κ3) is 0.799. The molecule has 0 saturated heterocycles. The van der Waals surface area contributed by atoms with Crippen LogP contribution < -0.4 is 10.2 Å². The molecule has 0 fully saturated rings. The van der Waals surface area contributed by atoms with E-state index in [1.807, 2.05) is 12.4 Å². The fourth-order valence-corrected chi connectivity index (χ4v) is 2.16. The van der Waals surface area contributed by atoms with Crippen molar-refractivity contribution in [3.63, 3.8) is 0 Å². The number of nitrogens with one attached hydrogen (secondary N) is 2. The molecule has 3 aliphatic heterocycles. The lowest BCUT2D eigenvalue weighted by molar-refractivity contribution is 0.600. The van der Waals surface area contributed by atoms with Gasteiger partial charge in [-0.2, -0.15) is 0 Å². The fourth-order valence-electron chi connectivity index (χ4n) is 2.16. The molecule has 15 heavy (non-hydrogen) atoms. The van der Waals surface area contributed by atoms with E-state index in [0.29, 0.717) is 0 Å². The fraction of sp³-hybridized carbons (Fsp3) is 0.100. The Balaban J connectivity index is 1.86. The van der Waals surface area contributed by atoms with E-state index in [-0.39, 0.29) is 0 Å². The van der Waals surface area contributed by atoms with Crippen LogP contribution in [0, 0.1) is 0 Å². The van der Waals surface area contributed by atoms with Gasteiger partial charge < -0.3 is 15.2 Å². The van der Waals surface area contributed by atoms with Crippen molar-refractivity contribution < 1.29 is 0 Å². The molecule has 2 N–H and O–H groups in total. The Morgan fingerprint density at radius 3 is 3.33 bits per heavy atom. The maximum absolute atomic E-state index is 4.31. The van der Waals surface area contributed by atoms with Gasteiger partial charge in [0.15, 0.2) is 5.82 Å². The number of fused-ring (bicyclic) bond motifs is 4. The quantitative estimate of drug-likeness (QED) is 0.649. The average Bonchev–Trinajstić information content (AvgIpc) is 2.86. The minimum absolute atomic E-state index is 0.920. The summed E-state index contributed by atoms with van der Waals surface area (Å²) in [5.74, 6) is 2.08. The van der Waals surface area contributed by atoms with Crippen LogP contribution in [0.3, 0.4) is 0 Å². The molecule has 0 saturated carbocycles. The summed E-state index contributed by atoms with van der Waals surface area (Å²) in [5.41, 5.74) is 2.43. The molecule has 0 bridgehead atoms. The van der Waals surface area contributed by atoms with E-state index in [4.69, 9.17) is 0 Å². The molecule has 0 spiro atoms. The summed E-state index contributed by atoms with van der Waals surface area (Å²) in [4.78, 5) is 11.7. The van der Waals surface area contributed by atoms with E-state index in [0.717, 1.165) is 18.1 Å². The van der Waals surface area contributed by atoms with Crippen molar-refractivity contribution in [3.05, 3.63) is 48.3 Å². The van der Waals surface area contributed by atoms with Crippen LogP contribution in [0.2, 0.25) is 0 Å². The SMILES string of the molecule is C1=CN2C=C3Cc4[nH]cnc4N3C=C2N1. The molecule has 0 unspecified atom stereocenters. The molecule has 4 rings (SSSR count). The summed E-state index contributed by atoms with van der Waals surface area (Å²) in [6.45, 7) is 0. The molecule has 0 atom stereocenters. The first-order valence-corrected chi connectivity index (χ1v) is 4.87. The molecule has 4 heterocycles. The number of hydrogen-bond acceptors (Lipinski definition) is 4. The molecule has 0 amide bonds. The first-order valence-electron chi connectivity index (χ1n) is 4.87. The molecule has 5 nitrogen and oxygen atoms in total. The Bertz CT molecular complexity index is 522. The van der Waals surface area contributed by atoms with Gasteiger partial charge >= 0.3 is 0 Å². The number of hydrogen-bond donors (Lipinski definition) is 2. The molecule has 0 aliphatic carbocycles. The minimum atomic E-state index is 0.920. The highest BCUT2D eigenvalue weighted by atomic mass is 15.3. The second kappa shape index (κ2) is 2.25. The van der Waals surface area contributed by atoms with Gasteiger partial charge in [0.1, 0.15) is 5.82 Å². The number of H-pyrrole nitrogens is 1. The van der Waals surface area contributed by atoms with E-state index in [1.54, 1.807) is 6.33 Å². The van der Waals surface area contributed by atoms with Crippen LogP contribution in [0.15, 0.2) is 42.6 Å². The highest BCUT2D eigenvalue weighted by molar-refractivity contribution is 5.62. The van der Waals surface area contributed by atoms with Gasteiger partial charge in [0.05, 0.1) is 18.2 Å². The van der Waals surface area contributed by atoms with Gasteiger partial charge in [0, 0.05) is 30.7 Å². The Hall–Kier alpha value is -2.17. The summed E-state index contributed by atoms with van der Waals surface area (Å²) < 4.78 is 0. The maximum atomic E-state index is 4.31. The lowest BCUT2D eigenvalue weighted by Crippen LogP contribution is -2.26. The largest absolute Gasteiger partial charge is 0.346 e. The topological polar surface area (TPSA) is 47.2 Å². The molecule has 5 heteroatoms. The van der Waals surface area contributed by atoms with Crippen molar-refractivity contribution in [3.8, 4) is 0 Å². The number of nitrogens with zero attached hydrogens (tertiary/aromatic N) is 3. The highest BCUT2D eigenvalue weighted by Gasteiger charge is 2.30. The zero-order chi connectivity index (χ0) is 9.83. The summed E-state index contributed by atoms with van der Waals surface area (Å²) in [6, 6.07) is 0. The molecule has 3 aliphatic rings. The van der Waals surface area contributed by atoms with E-state index >= 15 is 0 Å². The Kier molecular flexibility index (Phi) is 1.08. The van der Waals surface area contributed by atoms with Crippen LogP contribution in [-0.4, -0.2) is 14.9 Å². The molecular weight excluding hydrogens is 190 g/mol. The van der Waals surface area contributed by atoms with E-state index in [9.17, 15) is 0 Å². The van der Waals surface area contributed by atoms with Crippen molar-refractivity contribution in [1.29, 1.82) is 0 Å². The first-order chi connectivity index (χ1) is 7.42. The van der Waals surface area contributed by atoms with Crippen LogP contribution in [0.4, 0.5) is 5.82 Å². The average molecular weight is 199 g/mol. The van der Waals surface area contributed by atoms with Gasteiger partial charge in [0.2, 0.25) is 0 Å². The first kappa shape index (κ1) is 7.17. The normalized spacial score (nSPS) is 20.5. The van der Waals surface area contributed by atoms with Crippen molar-refractivity contribution >= 4 is 5.82 Å². The zero-order valence-corrected chi connectivity index (χ0v) is 7.94. The summed E-state index contributed by atoms with van der Waals surface area (Å²) in [5, 5.41) is 3.18. The lowest BCUT2D eigenvalue weighted by atomic mass is 10.3. The number of imidazole rings is 1. The van der Waals surface area contributed by atoms with Crippen LogP contribution >= 0.6 is 0 Å². The monoisotopic (exact) mass is 199 g/mol. The second-order valence-corrected chi connectivity index (χ2v) is 3.75. The summed E-state index contributed by atoms with van der Waals surface area (Å²) >= 11 is 0. The van der Waals surface area contributed by atoms with E-state index < -0.39 is 0 Å². The molecular formula is C10H9N5. The van der Waals surface area contributed by atoms with E-state index in [1.165, 1.54) is 11.4 Å². The zero-order valence-electron chi connectivity index (χ0n) is 7.94. The van der Waals surface area contributed by atoms with Crippen LogP contribution in [0.5, 0.6) is 0 Å². The van der Waals surface area contributed by atoms with Crippen LogP contribution in [0.1, 0.15) is 5.69 Å².